The Hall–Kier alpha value is -1.03. The molecule has 0 heterocycles. The van der Waals surface area contributed by atoms with Crippen LogP contribution in [0.5, 0.6) is 0 Å². The standard InChI is InChI=1S/C20H30F3N3O.HI/c1-3-24-19(26-17-7-9-18(27)10-8-17)25-12-11-14(2)15-5-4-6-16(13-15)20(21,22)23;/h4-6,13-14,17-18,27H,3,7-12H2,1-2H3,(H2,24,25,26);1H. The zero-order chi connectivity index (χ0) is 19.9. The van der Waals surface area contributed by atoms with E-state index < -0.39 is 11.7 Å². The van der Waals surface area contributed by atoms with E-state index in [1.807, 2.05) is 13.8 Å². The average molecular weight is 513 g/mol. The summed E-state index contributed by atoms with van der Waals surface area (Å²) in [5, 5.41) is 16.2. The minimum absolute atomic E-state index is 0. The minimum atomic E-state index is -4.32. The molecule has 0 radical (unpaired) electrons. The van der Waals surface area contributed by atoms with Crippen LogP contribution in [0.25, 0.3) is 0 Å². The maximum absolute atomic E-state index is 12.9. The van der Waals surface area contributed by atoms with E-state index >= 15 is 0 Å². The highest BCUT2D eigenvalue weighted by atomic mass is 127. The number of nitrogens with one attached hydrogen (secondary N) is 2. The van der Waals surface area contributed by atoms with Gasteiger partial charge in [-0.3, -0.25) is 4.99 Å². The number of alkyl halides is 3. The molecule has 1 fully saturated rings. The van der Waals surface area contributed by atoms with Gasteiger partial charge in [0, 0.05) is 19.1 Å². The molecule has 0 aromatic heterocycles. The van der Waals surface area contributed by atoms with Crippen molar-refractivity contribution < 1.29 is 18.3 Å². The fourth-order valence-corrected chi connectivity index (χ4v) is 3.29. The topological polar surface area (TPSA) is 56.7 Å². The molecule has 1 atom stereocenters. The van der Waals surface area contributed by atoms with Crippen LogP contribution < -0.4 is 10.6 Å². The Morgan fingerprint density at radius 2 is 1.93 bits per heavy atom. The number of aliphatic imine (C=N–C) groups is 1. The summed E-state index contributed by atoms with van der Waals surface area (Å²) in [4.78, 5) is 4.57. The number of hydrogen-bond donors (Lipinski definition) is 3. The summed E-state index contributed by atoms with van der Waals surface area (Å²) < 4.78 is 38.6. The van der Waals surface area contributed by atoms with Crippen molar-refractivity contribution in [2.24, 2.45) is 4.99 Å². The Morgan fingerprint density at radius 3 is 2.54 bits per heavy atom. The van der Waals surface area contributed by atoms with Gasteiger partial charge in [-0.1, -0.05) is 25.1 Å². The molecule has 2 rings (SSSR count). The number of nitrogens with zero attached hydrogens (tertiary/aromatic N) is 1. The van der Waals surface area contributed by atoms with Gasteiger partial charge in [-0.2, -0.15) is 13.2 Å². The maximum Gasteiger partial charge on any atom is 0.416 e. The van der Waals surface area contributed by atoms with Crippen molar-refractivity contribution in [3.63, 3.8) is 0 Å². The van der Waals surface area contributed by atoms with Crippen molar-refractivity contribution in [3.8, 4) is 0 Å². The molecule has 1 aliphatic rings. The van der Waals surface area contributed by atoms with E-state index in [-0.39, 0.29) is 36.0 Å². The first kappa shape index (κ1) is 25.0. The number of guanidine groups is 1. The van der Waals surface area contributed by atoms with Crippen LogP contribution in [0.3, 0.4) is 0 Å². The Bertz CT molecular complexity index is 617. The normalized spacial score (nSPS) is 21.6. The van der Waals surface area contributed by atoms with Crippen molar-refractivity contribution >= 4 is 29.9 Å². The quantitative estimate of drug-likeness (QED) is 0.294. The fraction of sp³-hybridized carbons (Fsp3) is 0.650. The van der Waals surface area contributed by atoms with Gasteiger partial charge in [-0.15, -0.1) is 24.0 Å². The molecule has 0 aliphatic heterocycles. The molecule has 0 amide bonds. The Kier molecular flexibility index (Phi) is 10.6. The summed E-state index contributed by atoms with van der Waals surface area (Å²) in [7, 11) is 0. The van der Waals surface area contributed by atoms with Gasteiger partial charge < -0.3 is 15.7 Å². The van der Waals surface area contributed by atoms with Gasteiger partial charge in [-0.05, 0) is 56.6 Å². The van der Waals surface area contributed by atoms with Gasteiger partial charge in [0.15, 0.2) is 5.96 Å². The zero-order valence-corrected chi connectivity index (χ0v) is 18.8. The van der Waals surface area contributed by atoms with Gasteiger partial charge in [0.2, 0.25) is 0 Å². The molecule has 160 valence electrons. The number of hydrogen-bond acceptors (Lipinski definition) is 2. The van der Waals surface area contributed by atoms with Gasteiger partial charge in [0.25, 0.3) is 0 Å². The van der Waals surface area contributed by atoms with Gasteiger partial charge in [0.05, 0.1) is 11.7 Å². The molecule has 4 nitrogen and oxygen atoms in total. The number of halogens is 4. The Balaban J connectivity index is 0.00000392. The molecule has 0 spiro atoms. The van der Waals surface area contributed by atoms with E-state index in [2.05, 4.69) is 15.6 Å². The fourth-order valence-electron chi connectivity index (χ4n) is 3.29. The number of rotatable bonds is 6. The molecule has 8 heteroatoms. The zero-order valence-electron chi connectivity index (χ0n) is 16.4. The van der Waals surface area contributed by atoms with Crippen molar-refractivity contribution in [1.29, 1.82) is 0 Å². The molecule has 3 N–H and O–H groups in total. The number of aliphatic hydroxyl groups excluding tert-OH is 1. The van der Waals surface area contributed by atoms with Gasteiger partial charge in [-0.25, -0.2) is 0 Å². The first-order valence-corrected chi connectivity index (χ1v) is 9.69. The van der Waals surface area contributed by atoms with E-state index in [1.54, 1.807) is 6.07 Å². The van der Waals surface area contributed by atoms with Crippen molar-refractivity contribution in [3.05, 3.63) is 35.4 Å². The molecule has 1 aliphatic carbocycles. The van der Waals surface area contributed by atoms with E-state index in [4.69, 9.17) is 0 Å². The largest absolute Gasteiger partial charge is 0.416 e. The van der Waals surface area contributed by atoms with Crippen LogP contribution in [-0.4, -0.2) is 36.3 Å². The smallest absolute Gasteiger partial charge is 0.393 e. The van der Waals surface area contributed by atoms with Crippen LogP contribution in [0.4, 0.5) is 13.2 Å². The highest BCUT2D eigenvalue weighted by Crippen LogP contribution is 2.31. The second-order valence-electron chi connectivity index (χ2n) is 7.22. The molecule has 1 unspecified atom stereocenters. The summed E-state index contributed by atoms with van der Waals surface area (Å²) >= 11 is 0. The lowest BCUT2D eigenvalue weighted by molar-refractivity contribution is -0.137. The molecule has 1 aromatic carbocycles. The lowest BCUT2D eigenvalue weighted by atomic mass is 9.93. The van der Waals surface area contributed by atoms with Crippen molar-refractivity contribution in [2.75, 3.05) is 13.1 Å². The lowest BCUT2D eigenvalue weighted by Crippen LogP contribution is -2.45. The van der Waals surface area contributed by atoms with Crippen LogP contribution in [0.1, 0.15) is 63.0 Å². The molecule has 0 bridgehead atoms. The second-order valence-corrected chi connectivity index (χ2v) is 7.22. The predicted octanol–water partition coefficient (Wildman–Crippen LogP) is 4.68. The third-order valence-corrected chi connectivity index (χ3v) is 5.00. The molecular weight excluding hydrogens is 482 g/mol. The molecule has 28 heavy (non-hydrogen) atoms. The number of aliphatic hydroxyl groups is 1. The average Bonchev–Trinajstić information content (AvgIpc) is 2.63. The highest BCUT2D eigenvalue weighted by Gasteiger charge is 2.30. The summed E-state index contributed by atoms with van der Waals surface area (Å²) in [5.74, 6) is 0.721. The van der Waals surface area contributed by atoms with Crippen LogP contribution in [-0.2, 0) is 6.18 Å². The third-order valence-electron chi connectivity index (χ3n) is 5.00. The van der Waals surface area contributed by atoms with E-state index in [9.17, 15) is 18.3 Å². The molecule has 1 saturated carbocycles. The van der Waals surface area contributed by atoms with Crippen LogP contribution in [0, 0.1) is 0 Å². The van der Waals surface area contributed by atoms with Crippen molar-refractivity contribution in [2.45, 2.75) is 70.2 Å². The SMILES string of the molecule is CCNC(=NCCC(C)c1cccc(C(F)(F)F)c1)NC1CCC(O)CC1.I. The van der Waals surface area contributed by atoms with E-state index in [1.165, 1.54) is 12.1 Å². The van der Waals surface area contributed by atoms with Crippen LogP contribution in [0.2, 0.25) is 0 Å². The first-order valence-electron chi connectivity index (χ1n) is 9.69. The van der Waals surface area contributed by atoms with E-state index in [0.29, 0.717) is 24.6 Å². The Labute approximate surface area is 182 Å². The Morgan fingerprint density at radius 1 is 1.25 bits per heavy atom. The van der Waals surface area contributed by atoms with Crippen LogP contribution in [0.15, 0.2) is 29.3 Å². The summed E-state index contributed by atoms with van der Waals surface area (Å²) in [6.07, 6.45) is -0.438. The predicted molar refractivity (Wildman–Crippen MR) is 117 cm³/mol. The highest BCUT2D eigenvalue weighted by molar-refractivity contribution is 14.0. The number of benzene rings is 1. The van der Waals surface area contributed by atoms with E-state index in [0.717, 1.165) is 44.3 Å². The first-order chi connectivity index (χ1) is 12.8. The molecular formula is C20H31F3IN3O. The summed E-state index contributed by atoms with van der Waals surface area (Å²) in [6.45, 7) is 5.19. The summed E-state index contributed by atoms with van der Waals surface area (Å²) in [6, 6.07) is 5.82. The van der Waals surface area contributed by atoms with Gasteiger partial charge >= 0.3 is 6.18 Å². The molecule has 0 saturated heterocycles. The van der Waals surface area contributed by atoms with Gasteiger partial charge in [0.1, 0.15) is 0 Å². The monoisotopic (exact) mass is 513 g/mol. The van der Waals surface area contributed by atoms with Crippen LogP contribution >= 0.6 is 24.0 Å². The molecule has 1 aromatic rings. The third kappa shape index (κ3) is 8.14. The second kappa shape index (κ2) is 11.8. The lowest BCUT2D eigenvalue weighted by Gasteiger charge is -2.27. The maximum atomic E-state index is 12.9. The minimum Gasteiger partial charge on any atom is -0.393 e. The summed E-state index contributed by atoms with van der Waals surface area (Å²) in [5.41, 5.74) is 0.0732. The van der Waals surface area contributed by atoms with Crippen molar-refractivity contribution in [1.82, 2.24) is 10.6 Å².